The zero-order chi connectivity index (χ0) is 16.4. The number of nitrogens with zero attached hydrogens (tertiary/aromatic N) is 1. The molecule has 116 valence electrons. The third-order valence-electron chi connectivity index (χ3n) is 3.51. The molecule has 0 amide bonds. The number of anilines is 3. The van der Waals surface area contributed by atoms with Gasteiger partial charge in [-0.3, -0.25) is 4.79 Å². The number of carbonyl (C=O) groups is 1. The van der Waals surface area contributed by atoms with Gasteiger partial charge in [0.1, 0.15) is 10.7 Å². The number of nitrogens with one attached hydrogen (secondary N) is 1. The van der Waals surface area contributed by atoms with Crippen molar-refractivity contribution < 1.29 is 4.79 Å². The molecular weight excluding hydrogens is 306 g/mol. The van der Waals surface area contributed by atoms with E-state index in [0.29, 0.717) is 15.6 Å². The van der Waals surface area contributed by atoms with Crippen LogP contribution in [-0.4, -0.2) is 10.8 Å². The van der Waals surface area contributed by atoms with E-state index in [2.05, 4.69) is 10.3 Å². The number of benzene rings is 2. The summed E-state index contributed by atoms with van der Waals surface area (Å²) in [7, 11) is 0. The van der Waals surface area contributed by atoms with Crippen LogP contribution in [0.1, 0.15) is 26.4 Å². The van der Waals surface area contributed by atoms with Crippen molar-refractivity contribution in [1.82, 2.24) is 4.98 Å². The quantitative estimate of drug-likeness (QED) is 0.702. The maximum atomic E-state index is 12.7. The molecule has 0 saturated carbocycles. The zero-order valence-corrected chi connectivity index (χ0v) is 13.8. The second kappa shape index (κ2) is 6.22. The van der Waals surface area contributed by atoms with Gasteiger partial charge in [-0.25, -0.2) is 4.98 Å². The molecule has 0 aliphatic rings. The van der Waals surface area contributed by atoms with Crippen molar-refractivity contribution >= 4 is 33.8 Å². The number of hydrogen-bond donors (Lipinski definition) is 2. The summed E-state index contributed by atoms with van der Waals surface area (Å²) in [6.45, 7) is 3.94. The van der Waals surface area contributed by atoms with Gasteiger partial charge < -0.3 is 11.1 Å². The third kappa shape index (κ3) is 3.24. The van der Waals surface area contributed by atoms with Gasteiger partial charge in [0, 0.05) is 11.3 Å². The fourth-order valence-electron chi connectivity index (χ4n) is 2.38. The van der Waals surface area contributed by atoms with Gasteiger partial charge in [0.2, 0.25) is 5.78 Å². The highest BCUT2D eigenvalue weighted by atomic mass is 32.1. The number of nitrogen functional groups attached to an aromatic ring is 1. The van der Waals surface area contributed by atoms with Crippen molar-refractivity contribution in [3.63, 3.8) is 0 Å². The zero-order valence-electron chi connectivity index (χ0n) is 13.0. The van der Waals surface area contributed by atoms with E-state index in [-0.39, 0.29) is 11.6 Å². The van der Waals surface area contributed by atoms with Crippen LogP contribution in [0.4, 0.5) is 16.6 Å². The van der Waals surface area contributed by atoms with E-state index < -0.39 is 0 Å². The molecule has 3 rings (SSSR count). The molecule has 1 aromatic heterocycles. The summed E-state index contributed by atoms with van der Waals surface area (Å²) in [5.41, 5.74) is 9.60. The van der Waals surface area contributed by atoms with Crippen molar-refractivity contribution in [1.29, 1.82) is 0 Å². The van der Waals surface area contributed by atoms with E-state index in [4.69, 9.17) is 5.73 Å². The van der Waals surface area contributed by atoms with Crippen molar-refractivity contribution in [2.45, 2.75) is 13.8 Å². The Balaban J connectivity index is 1.90. The standard InChI is InChI=1S/C18H17N3OS/c1-11-8-9-14(12(2)10-11)15(22)16-17(19)21-18(23-16)20-13-6-4-3-5-7-13/h3-10H,19H2,1-2H3,(H,20,21). The lowest BCUT2D eigenvalue weighted by Gasteiger charge is -2.04. The third-order valence-corrected chi connectivity index (χ3v) is 4.50. The van der Waals surface area contributed by atoms with Crippen LogP contribution in [-0.2, 0) is 0 Å². The normalized spacial score (nSPS) is 10.5. The lowest BCUT2D eigenvalue weighted by molar-refractivity contribution is 0.104. The predicted octanol–water partition coefficient (Wildman–Crippen LogP) is 4.32. The average molecular weight is 323 g/mol. The van der Waals surface area contributed by atoms with E-state index in [9.17, 15) is 4.79 Å². The number of nitrogens with two attached hydrogens (primary N) is 1. The molecule has 0 spiro atoms. The summed E-state index contributed by atoms with van der Waals surface area (Å²) in [6.07, 6.45) is 0. The lowest BCUT2D eigenvalue weighted by Crippen LogP contribution is -2.04. The minimum absolute atomic E-state index is 0.0846. The molecule has 0 fully saturated rings. The SMILES string of the molecule is Cc1ccc(C(=O)c2sc(Nc3ccccc3)nc2N)c(C)c1. The maximum absolute atomic E-state index is 12.7. The first-order valence-electron chi connectivity index (χ1n) is 7.25. The Bertz CT molecular complexity index is 856. The first kappa shape index (κ1) is 15.2. The largest absolute Gasteiger partial charge is 0.382 e. The van der Waals surface area contributed by atoms with Crippen LogP contribution in [0.15, 0.2) is 48.5 Å². The second-order valence-electron chi connectivity index (χ2n) is 5.37. The Labute approximate surface area is 139 Å². The number of para-hydroxylation sites is 1. The monoisotopic (exact) mass is 323 g/mol. The minimum Gasteiger partial charge on any atom is -0.382 e. The topological polar surface area (TPSA) is 68.0 Å². The molecule has 0 aliphatic carbocycles. The molecule has 23 heavy (non-hydrogen) atoms. The van der Waals surface area contributed by atoms with E-state index in [1.54, 1.807) is 0 Å². The van der Waals surface area contributed by atoms with Gasteiger partial charge in [-0.1, -0.05) is 53.3 Å². The molecule has 3 aromatic rings. The van der Waals surface area contributed by atoms with E-state index in [0.717, 1.165) is 16.8 Å². The molecule has 0 unspecified atom stereocenters. The van der Waals surface area contributed by atoms with E-state index in [1.807, 2.05) is 62.4 Å². The van der Waals surface area contributed by atoms with Crippen LogP contribution >= 0.6 is 11.3 Å². The van der Waals surface area contributed by atoms with Gasteiger partial charge in [-0.15, -0.1) is 0 Å². The molecular formula is C18H17N3OS. The lowest BCUT2D eigenvalue weighted by atomic mass is 10.0. The van der Waals surface area contributed by atoms with Crippen molar-refractivity contribution in [2.75, 3.05) is 11.1 Å². The molecule has 0 aliphatic heterocycles. The minimum atomic E-state index is -0.0846. The highest BCUT2D eigenvalue weighted by Gasteiger charge is 2.19. The number of ketones is 1. The molecule has 0 atom stereocenters. The fraction of sp³-hybridized carbons (Fsp3) is 0.111. The van der Waals surface area contributed by atoms with Crippen LogP contribution in [0.3, 0.4) is 0 Å². The molecule has 3 N–H and O–H groups in total. The van der Waals surface area contributed by atoms with Crippen molar-refractivity contribution in [3.8, 4) is 0 Å². The maximum Gasteiger partial charge on any atom is 0.207 e. The molecule has 2 aromatic carbocycles. The fourth-order valence-corrected chi connectivity index (χ4v) is 3.24. The van der Waals surface area contributed by atoms with Crippen molar-refractivity contribution in [3.05, 3.63) is 70.1 Å². The number of thiazole rings is 1. The summed E-state index contributed by atoms with van der Waals surface area (Å²) in [5.74, 6) is 0.178. The molecule has 0 radical (unpaired) electrons. The molecule has 0 saturated heterocycles. The number of aromatic nitrogens is 1. The number of aryl methyl sites for hydroxylation is 2. The van der Waals surface area contributed by atoms with Crippen molar-refractivity contribution in [2.24, 2.45) is 0 Å². The summed E-state index contributed by atoms with van der Waals surface area (Å²) < 4.78 is 0. The average Bonchev–Trinajstić information content (AvgIpc) is 2.88. The molecule has 0 bridgehead atoms. The van der Waals surface area contributed by atoms with E-state index >= 15 is 0 Å². The highest BCUT2D eigenvalue weighted by molar-refractivity contribution is 7.18. The Morgan fingerprint density at radius 3 is 2.57 bits per heavy atom. The summed E-state index contributed by atoms with van der Waals surface area (Å²) >= 11 is 1.27. The van der Waals surface area contributed by atoms with Crippen LogP contribution in [0.2, 0.25) is 0 Å². The second-order valence-corrected chi connectivity index (χ2v) is 6.37. The highest BCUT2D eigenvalue weighted by Crippen LogP contribution is 2.30. The molecule has 4 nitrogen and oxygen atoms in total. The predicted molar refractivity (Wildman–Crippen MR) is 95.6 cm³/mol. The summed E-state index contributed by atoms with van der Waals surface area (Å²) in [5, 5.41) is 3.78. The van der Waals surface area contributed by atoms with E-state index in [1.165, 1.54) is 11.3 Å². The van der Waals surface area contributed by atoms with Crippen LogP contribution in [0.25, 0.3) is 0 Å². The molecule has 5 heteroatoms. The number of carbonyl (C=O) groups excluding carboxylic acids is 1. The number of rotatable bonds is 4. The summed E-state index contributed by atoms with van der Waals surface area (Å²) in [4.78, 5) is 17.5. The van der Waals surface area contributed by atoms with Gasteiger partial charge >= 0.3 is 0 Å². The Morgan fingerprint density at radius 2 is 1.87 bits per heavy atom. The Kier molecular flexibility index (Phi) is 4.12. The van der Waals surface area contributed by atoms with Crippen LogP contribution < -0.4 is 11.1 Å². The van der Waals surface area contributed by atoms with Crippen LogP contribution in [0, 0.1) is 13.8 Å². The van der Waals surface area contributed by atoms with Gasteiger partial charge in [0.15, 0.2) is 5.13 Å². The Morgan fingerprint density at radius 1 is 1.13 bits per heavy atom. The number of hydrogen-bond acceptors (Lipinski definition) is 5. The van der Waals surface area contributed by atoms with Gasteiger partial charge in [-0.05, 0) is 31.5 Å². The summed E-state index contributed by atoms with van der Waals surface area (Å²) in [6, 6.07) is 15.4. The Hall–Kier alpha value is -2.66. The molecule has 1 heterocycles. The van der Waals surface area contributed by atoms with Gasteiger partial charge in [0.25, 0.3) is 0 Å². The first-order chi connectivity index (χ1) is 11.0. The van der Waals surface area contributed by atoms with Crippen LogP contribution in [0.5, 0.6) is 0 Å². The smallest absolute Gasteiger partial charge is 0.207 e. The first-order valence-corrected chi connectivity index (χ1v) is 8.06. The van der Waals surface area contributed by atoms with Gasteiger partial charge in [0.05, 0.1) is 0 Å². The van der Waals surface area contributed by atoms with Gasteiger partial charge in [-0.2, -0.15) is 0 Å².